The fourth-order valence-electron chi connectivity index (χ4n) is 1.95. The molecular weight excluding hydrogens is 253 g/mol. The fraction of sp³-hybridized carbons (Fsp3) is 0.385. The topological polar surface area (TPSA) is 66.8 Å². The minimum atomic E-state index is -1.02. The molecular formula is C13H14FNO4. The van der Waals surface area contributed by atoms with E-state index in [4.69, 9.17) is 9.84 Å². The SMILES string of the molecule is O=C(O)CCC(=O)N1CCOc2cccc(F)c2C1. The highest BCUT2D eigenvalue weighted by atomic mass is 19.1. The molecule has 19 heavy (non-hydrogen) atoms. The molecule has 0 saturated heterocycles. The van der Waals surface area contributed by atoms with Crippen molar-refractivity contribution in [2.24, 2.45) is 0 Å². The van der Waals surface area contributed by atoms with Crippen molar-refractivity contribution in [3.8, 4) is 5.75 Å². The summed E-state index contributed by atoms with van der Waals surface area (Å²) >= 11 is 0. The quantitative estimate of drug-likeness (QED) is 0.899. The maximum absolute atomic E-state index is 13.7. The van der Waals surface area contributed by atoms with Crippen LogP contribution in [0.15, 0.2) is 18.2 Å². The lowest BCUT2D eigenvalue weighted by Gasteiger charge is -2.19. The average molecular weight is 267 g/mol. The van der Waals surface area contributed by atoms with Gasteiger partial charge in [0.15, 0.2) is 0 Å². The summed E-state index contributed by atoms with van der Waals surface area (Å²) in [5.74, 6) is -1.31. The largest absolute Gasteiger partial charge is 0.491 e. The first-order valence-electron chi connectivity index (χ1n) is 5.97. The van der Waals surface area contributed by atoms with E-state index in [0.29, 0.717) is 17.9 Å². The number of halogens is 1. The number of rotatable bonds is 3. The van der Waals surface area contributed by atoms with Crippen LogP contribution in [0.3, 0.4) is 0 Å². The van der Waals surface area contributed by atoms with Gasteiger partial charge >= 0.3 is 5.97 Å². The van der Waals surface area contributed by atoms with Crippen molar-refractivity contribution in [3.05, 3.63) is 29.6 Å². The summed E-state index contributed by atoms with van der Waals surface area (Å²) in [6, 6.07) is 4.52. The molecule has 0 aliphatic carbocycles. The smallest absolute Gasteiger partial charge is 0.303 e. The maximum atomic E-state index is 13.7. The van der Waals surface area contributed by atoms with Crippen molar-refractivity contribution in [1.82, 2.24) is 4.90 Å². The number of carboxylic acids is 1. The van der Waals surface area contributed by atoms with Gasteiger partial charge in [-0.05, 0) is 12.1 Å². The lowest BCUT2D eigenvalue weighted by molar-refractivity contribution is -0.141. The van der Waals surface area contributed by atoms with Gasteiger partial charge in [-0.25, -0.2) is 4.39 Å². The van der Waals surface area contributed by atoms with Gasteiger partial charge in [0.25, 0.3) is 0 Å². The Labute approximate surface area is 109 Å². The van der Waals surface area contributed by atoms with Crippen LogP contribution >= 0.6 is 0 Å². The highest BCUT2D eigenvalue weighted by molar-refractivity contribution is 5.80. The van der Waals surface area contributed by atoms with Gasteiger partial charge < -0.3 is 14.7 Å². The van der Waals surface area contributed by atoms with Gasteiger partial charge in [-0.3, -0.25) is 9.59 Å². The Bertz CT molecular complexity index is 503. The zero-order chi connectivity index (χ0) is 13.8. The Morgan fingerprint density at radius 2 is 2.16 bits per heavy atom. The number of hydrogen-bond donors (Lipinski definition) is 1. The maximum Gasteiger partial charge on any atom is 0.303 e. The van der Waals surface area contributed by atoms with Crippen LogP contribution in [0.4, 0.5) is 4.39 Å². The van der Waals surface area contributed by atoms with E-state index in [1.54, 1.807) is 12.1 Å². The van der Waals surface area contributed by atoms with Crippen LogP contribution in [0, 0.1) is 5.82 Å². The summed E-state index contributed by atoms with van der Waals surface area (Å²) in [4.78, 5) is 23.7. The molecule has 0 unspecified atom stereocenters. The Kier molecular flexibility index (Phi) is 3.99. The van der Waals surface area contributed by atoms with Crippen LogP contribution in [0.1, 0.15) is 18.4 Å². The van der Waals surface area contributed by atoms with E-state index >= 15 is 0 Å². The molecule has 0 saturated carbocycles. The van der Waals surface area contributed by atoms with Gasteiger partial charge in [0.1, 0.15) is 18.2 Å². The average Bonchev–Trinajstić information content (AvgIpc) is 2.59. The van der Waals surface area contributed by atoms with Crippen molar-refractivity contribution in [2.75, 3.05) is 13.2 Å². The van der Waals surface area contributed by atoms with Crippen molar-refractivity contribution in [3.63, 3.8) is 0 Å². The fourth-order valence-corrected chi connectivity index (χ4v) is 1.95. The number of ether oxygens (including phenoxy) is 1. The van der Waals surface area contributed by atoms with Crippen molar-refractivity contribution < 1.29 is 23.8 Å². The summed E-state index contributed by atoms with van der Waals surface area (Å²) < 4.78 is 19.1. The lowest BCUT2D eigenvalue weighted by Crippen LogP contribution is -2.32. The molecule has 0 aromatic heterocycles. The van der Waals surface area contributed by atoms with Crippen LogP contribution < -0.4 is 4.74 Å². The van der Waals surface area contributed by atoms with E-state index in [2.05, 4.69) is 0 Å². The first kappa shape index (κ1) is 13.3. The molecule has 0 bridgehead atoms. The minimum absolute atomic E-state index is 0.0842. The Balaban J connectivity index is 2.11. The van der Waals surface area contributed by atoms with Gasteiger partial charge in [0.05, 0.1) is 19.5 Å². The third kappa shape index (κ3) is 3.21. The molecule has 0 radical (unpaired) electrons. The molecule has 1 aliphatic rings. The second-order valence-electron chi connectivity index (χ2n) is 4.27. The summed E-state index contributed by atoms with van der Waals surface area (Å²) in [5.41, 5.74) is 0.337. The molecule has 2 rings (SSSR count). The standard InChI is InChI=1S/C13H14FNO4/c14-10-2-1-3-11-9(10)8-15(6-7-19-11)12(16)4-5-13(17)18/h1-3H,4-8H2,(H,17,18). The number of carbonyl (C=O) groups is 2. The molecule has 1 aromatic rings. The number of fused-ring (bicyclic) bond motifs is 1. The van der Waals surface area contributed by atoms with Crippen LogP contribution in [0.25, 0.3) is 0 Å². The molecule has 0 fully saturated rings. The first-order chi connectivity index (χ1) is 9.08. The zero-order valence-electron chi connectivity index (χ0n) is 10.3. The summed E-state index contributed by atoms with van der Waals surface area (Å²) in [6.07, 6.45) is -0.306. The first-order valence-corrected chi connectivity index (χ1v) is 5.97. The van der Waals surface area contributed by atoms with Crippen molar-refractivity contribution in [2.45, 2.75) is 19.4 Å². The predicted molar refractivity (Wildman–Crippen MR) is 64.2 cm³/mol. The Morgan fingerprint density at radius 1 is 1.37 bits per heavy atom. The van der Waals surface area contributed by atoms with Gasteiger partial charge in [-0.2, -0.15) is 0 Å². The van der Waals surface area contributed by atoms with Crippen molar-refractivity contribution >= 4 is 11.9 Å². The van der Waals surface area contributed by atoms with Crippen LogP contribution in [0.5, 0.6) is 5.75 Å². The summed E-state index contributed by atoms with van der Waals surface area (Å²) in [7, 11) is 0. The highest BCUT2D eigenvalue weighted by Gasteiger charge is 2.22. The number of carboxylic acid groups (broad SMARTS) is 1. The minimum Gasteiger partial charge on any atom is -0.491 e. The van der Waals surface area contributed by atoms with Crippen molar-refractivity contribution in [1.29, 1.82) is 0 Å². The second-order valence-corrected chi connectivity index (χ2v) is 4.27. The van der Waals surface area contributed by atoms with Crippen LogP contribution in [0.2, 0.25) is 0 Å². The molecule has 1 amide bonds. The molecule has 1 aliphatic heterocycles. The molecule has 0 spiro atoms. The molecule has 102 valence electrons. The van der Waals surface area contributed by atoms with Crippen LogP contribution in [-0.2, 0) is 16.1 Å². The number of amides is 1. The van der Waals surface area contributed by atoms with Gasteiger partial charge in [0, 0.05) is 12.0 Å². The number of nitrogens with zero attached hydrogens (tertiary/aromatic N) is 1. The Morgan fingerprint density at radius 3 is 2.89 bits per heavy atom. The van der Waals surface area contributed by atoms with Crippen LogP contribution in [-0.4, -0.2) is 35.0 Å². The monoisotopic (exact) mass is 267 g/mol. The molecule has 6 heteroatoms. The van der Waals surface area contributed by atoms with Gasteiger partial charge in [-0.15, -0.1) is 0 Å². The van der Waals surface area contributed by atoms with E-state index in [0.717, 1.165) is 0 Å². The summed E-state index contributed by atoms with van der Waals surface area (Å²) in [6.45, 7) is 0.711. The third-order valence-electron chi connectivity index (χ3n) is 2.95. The van der Waals surface area contributed by atoms with E-state index in [1.807, 2.05) is 0 Å². The molecule has 5 nitrogen and oxygen atoms in total. The Hall–Kier alpha value is -2.11. The number of carbonyl (C=O) groups excluding carboxylic acids is 1. The third-order valence-corrected chi connectivity index (χ3v) is 2.95. The number of hydrogen-bond acceptors (Lipinski definition) is 3. The predicted octanol–water partition coefficient (Wildman–Crippen LogP) is 1.41. The van der Waals surface area contributed by atoms with Gasteiger partial charge in [0.2, 0.25) is 5.91 Å². The zero-order valence-corrected chi connectivity index (χ0v) is 10.3. The summed E-state index contributed by atoms with van der Waals surface area (Å²) in [5, 5.41) is 8.56. The second kappa shape index (κ2) is 5.69. The van der Waals surface area contributed by atoms with E-state index in [9.17, 15) is 14.0 Å². The number of benzene rings is 1. The highest BCUT2D eigenvalue weighted by Crippen LogP contribution is 2.25. The normalized spacial score (nSPS) is 14.3. The van der Waals surface area contributed by atoms with E-state index in [-0.39, 0.29) is 31.9 Å². The lowest BCUT2D eigenvalue weighted by atomic mass is 10.1. The molecule has 0 atom stereocenters. The molecule has 1 aromatic carbocycles. The van der Waals surface area contributed by atoms with E-state index < -0.39 is 11.8 Å². The molecule has 1 heterocycles. The number of aliphatic carboxylic acids is 1. The van der Waals surface area contributed by atoms with Gasteiger partial charge in [-0.1, -0.05) is 6.07 Å². The molecule has 1 N–H and O–H groups in total. The van der Waals surface area contributed by atoms with E-state index in [1.165, 1.54) is 11.0 Å².